The molecule has 3 nitrogen and oxygen atoms in total. The highest BCUT2D eigenvalue weighted by molar-refractivity contribution is 9.10. The van der Waals surface area contributed by atoms with Crippen molar-refractivity contribution >= 4 is 15.9 Å². The number of rotatable bonds is 7. The molecule has 0 bridgehead atoms. The van der Waals surface area contributed by atoms with E-state index in [2.05, 4.69) is 34.2 Å². The molecular weight excluding hydrogens is 318 g/mol. The van der Waals surface area contributed by atoms with Gasteiger partial charge in [-0.3, -0.25) is 0 Å². The van der Waals surface area contributed by atoms with Gasteiger partial charge < -0.3 is 27.2 Å². The number of hydrogen-bond acceptors (Lipinski definition) is 3. The Morgan fingerprint density at radius 1 is 1.22 bits per heavy atom. The molecule has 0 unspecified atom stereocenters. The summed E-state index contributed by atoms with van der Waals surface area (Å²) < 4.78 is 11.5. The lowest BCUT2D eigenvalue weighted by molar-refractivity contribution is -0.00000406. The van der Waals surface area contributed by atoms with Crippen molar-refractivity contribution in [1.82, 2.24) is 5.32 Å². The highest BCUT2D eigenvalue weighted by atomic mass is 79.9. The van der Waals surface area contributed by atoms with Crippen molar-refractivity contribution in [2.45, 2.75) is 26.3 Å². The van der Waals surface area contributed by atoms with Crippen LogP contribution in [0.5, 0.6) is 11.5 Å². The van der Waals surface area contributed by atoms with Gasteiger partial charge in [0, 0.05) is 6.54 Å². The first-order chi connectivity index (χ1) is 8.22. The van der Waals surface area contributed by atoms with Crippen LogP contribution in [0.4, 0.5) is 0 Å². The summed E-state index contributed by atoms with van der Waals surface area (Å²) in [7, 11) is 3.29. The van der Waals surface area contributed by atoms with Crippen LogP contribution < -0.4 is 27.2 Å². The van der Waals surface area contributed by atoms with Crippen molar-refractivity contribution < 1.29 is 21.9 Å². The lowest BCUT2D eigenvalue weighted by Gasteiger charge is -2.12. The van der Waals surface area contributed by atoms with Crippen LogP contribution in [-0.2, 0) is 6.54 Å². The summed E-state index contributed by atoms with van der Waals surface area (Å²) in [5, 5.41) is 3.40. The minimum Gasteiger partial charge on any atom is -1.00 e. The van der Waals surface area contributed by atoms with Gasteiger partial charge in [0.05, 0.1) is 18.7 Å². The maximum atomic E-state index is 5.30. The standard InChI is InChI=1S/C13H20BrNO2.ClH/c1-4-5-6-15-9-10-7-11(14)13(17-3)12(8-10)16-2;/h7-8,15H,4-6,9H2,1-3H3;1H/p-1. The quantitative estimate of drug-likeness (QED) is 0.729. The van der Waals surface area contributed by atoms with Crippen molar-refractivity contribution in [3.05, 3.63) is 22.2 Å². The number of unbranched alkanes of at least 4 members (excludes halogenated alkanes) is 1. The molecule has 0 radical (unpaired) electrons. The van der Waals surface area contributed by atoms with Gasteiger partial charge >= 0.3 is 0 Å². The molecule has 0 aliphatic heterocycles. The molecule has 1 rings (SSSR count). The van der Waals surface area contributed by atoms with Crippen molar-refractivity contribution in [2.24, 2.45) is 0 Å². The molecule has 0 saturated heterocycles. The van der Waals surface area contributed by atoms with E-state index < -0.39 is 0 Å². The minimum absolute atomic E-state index is 0. The molecule has 1 aromatic carbocycles. The monoisotopic (exact) mass is 336 g/mol. The molecule has 0 heterocycles. The van der Waals surface area contributed by atoms with Crippen LogP contribution in [-0.4, -0.2) is 20.8 Å². The van der Waals surface area contributed by atoms with Gasteiger partial charge in [-0.05, 0) is 46.6 Å². The Kier molecular flexibility index (Phi) is 9.24. The number of halogens is 2. The van der Waals surface area contributed by atoms with Crippen LogP contribution in [0.2, 0.25) is 0 Å². The lowest BCUT2D eigenvalue weighted by atomic mass is 10.2. The fourth-order valence-electron chi connectivity index (χ4n) is 1.61. The summed E-state index contributed by atoms with van der Waals surface area (Å²) in [6.45, 7) is 4.08. The zero-order chi connectivity index (χ0) is 12.7. The number of benzene rings is 1. The Hall–Kier alpha value is -0.450. The molecular formula is C13H20BrClNO2-. The molecule has 1 N–H and O–H groups in total. The van der Waals surface area contributed by atoms with Gasteiger partial charge in [-0.25, -0.2) is 0 Å². The number of nitrogens with one attached hydrogen (secondary N) is 1. The SMILES string of the molecule is CCCCNCc1cc(Br)c(OC)c(OC)c1.[Cl-]. The fraction of sp³-hybridized carbons (Fsp3) is 0.538. The van der Waals surface area contributed by atoms with Crippen LogP contribution in [0, 0.1) is 0 Å². The molecule has 0 fully saturated rings. The van der Waals surface area contributed by atoms with Crippen molar-refractivity contribution in [2.75, 3.05) is 20.8 Å². The van der Waals surface area contributed by atoms with E-state index in [4.69, 9.17) is 9.47 Å². The third-order valence-electron chi connectivity index (χ3n) is 2.53. The van der Waals surface area contributed by atoms with Gasteiger partial charge in [-0.15, -0.1) is 0 Å². The van der Waals surface area contributed by atoms with Gasteiger partial charge in [0.15, 0.2) is 11.5 Å². The third-order valence-corrected chi connectivity index (χ3v) is 3.12. The maximum absolute atomic E-state index is 5.30. The second kappa shape index (κ2) is 9.48. The number of methoxy groups -OCH3 is 2. The molecule has 5 heteroatoms. The average Bonchev–Trinajstić information content (AvgIpc) is 2.34. The molecule has 0 atom stereocenters. The molecule has 0 amide bonds. The molecule has 18 heavy (non-hydrogen) atoms. The third kappa shape index (κ3) is 5.04. The Balaban J connectivity index is 0.00000289. The molecule has 0 saturated carbocycles. The fourth-order valence-corrected chi connectivity index (χ4v) is 2.26. The lowest BCUT2D eigenvalue weighted by Crippen LogP contribution is -3.00. The van der Waals surface area contributed by atoms with Crippen molar-refractivity contribution in [3.63, 3.8) is 0 Å². The zero-order valence-corrected chi connectivity index (χ0v) is 13.4. The largest absolute Gasteiger partial charge is 1.00 e. The topological polar surface area (TPSA) is 30.5 Å². The first-order valence-corrected chi connectivity index (χ1v) is 6.63. The summed E-state index contributed by atoms with van der Waals surface area (Å²) in [6, 6.07) is 4.06. The molecule has 0 aliphatic rings. The van der Waals surface area contributed by atoms with Crippen molar-refractivity contribution in [3.8, 4) is 11.5 Å². The maximum Gasteiger partial charge on any atom is 0.174 e. The Morgan fingerprint density at radius 3 is 2.50 bits per heavy atom. The van der Waals surface area contributed by atoms with Crippen LogP contribution in [0.15, 0.2) is 16.6 Å². The predicted octanol–water partition coefficient (Wildman–Crippen LogP) is 0.360. The summed E-state index contributed by atoms with van der Waals surface area (Å²) in [6.07, 6.45) is 2.41. The van der Waals surface area contributed by atoms with Crippen LogP contribution >= 0.6 is 15.9 Å². The number of hydrogen-bond donors (Lipinski definition) is 1. The summed E-state index contributed by atoms with van der Waals surface area (Å²) >= 11 is 3.49. The van der Waals surface area contributed by atoms with Crippen molar-refractivity contribution in [1.29, 1.82) is 0 Å². The molecule has 0 spiro atoms. The second-order valence-corrected chi connectivity index (χ2v) is 4.70. The smallest absolute Gasteiger partial charge is 0.174 e. The van der Waals surface area contributed by atoms with Gasteiger partial charge in [0.2, 0.25) is 0 Å². The average molecular weight is 338 g/mol. The van der Waals surface area contributed by atoms with E-state index in [-0.39, 0.29) is 12.4 Å². The van der Waals surface area contributed by atoms with E-state index in [0.29, 0.717) is 0 Å². The predicted molar refractivity (Wildman–Crippen MR) is 73.9 cm³/mol. The van der Waals surface area contributed by atoms with Gasteiger partial charge in [0.25, 0.3) is 0 Å². The van der Waals surface area contributed by atoms with Crippen LogP contribution in [0.25, 0.3) is 0 Å². The van der Waals surface area contributed by atoms with E-state index in [1.54, 1.807) is 14.2 Å². The van der Waals surface area contributed by atoms with Gasteiger partial charge in [-0.2, -0.15) is 0 Å². The first-order valence-electron chi connectivity index (χ1n) is 5.84. The van der Waals surface area contributed by atoms with E-state index in [0.717, 1.165) is 29.1 Å². The summed E-state index contributed by atoms with van der Waals surface area (Å²) in [5.41, 5.74) is 1.19. The molecule has 1 aromatic rings. The Bertz CT molecular complexity index is 361. The van der Waals surface area contributed by atoms with E-state index in [1.807, 2.05) is 6.07 Å². The Labute approximate surface area is 124 Å². The van der Waals surface area contributed by atoms with E-state index in [9.17, 15) is 0 Å². The molecule has 104 valence electrons. The highest BCUT2D eigenvalue weighted by Crippen LogP contribution is 2.36. The minimum atomic E-state index is 0. The Morgan fingerprint density at radius 2 is 1.94 bits per heavy atom. The van der Waals surface area contributed by atoms with Crippen LogP contribution in [0.3, 0.4) is 0 Å². The first kappa shape index (κ1) is 17.6. The second-order valence-electron chi connectivity index (χ2n) is 3.84. The summed E-state index contributed by atoms with van der Waals surface area (Å²) in [5.74, 6) is 1.50. The number of ether oxygens (including phenoxy) is 2. The normalized spacial score (nSPS) is 9.78. The van der Waals surface area contributed by atoms with Gasteiger partial charge in [-0.1, -0.05) is 13.3 Å². The van der Waals surface area contributed by atoms with Gasteiger partial charge in [0.1, 0.15) is 0 Å². The van der Waals surface area contributed by atoms with E-state index >= 15 is 0 Å². The van der Waals surface area contributed by atoms with Crippen LogP contribution in [0.1, 0.15) is 25.3 Å². The van der Waals surface area contributed by atoms with E-state index in [1.165, 1.54) is 18.4 Å². The highest BCUT2D eigenvalue weighted by Gasteiger charge is 2.09. The molecule has 0 aromatic heterocycles. The summed E-state index contributed by atoms with van der Waals surface area (Å²) in [4.78, 5) is 0. The zero-order valence-electron chi connectivity index (χ0n) is 11.1. The molecule has 0 aliphatic carbocycles.